The highest BCUT2D eigenvalue weighted by Gasteiger charge is 2.27. The van der Waals surface area contributed by atoms with E-state index in [1.54, 1.807) is 0 Å². The van der Waals surface area contributed by atoms with Crippen LogP contribution in [0.4, 0.5) is 11.5 Å². The summed E-state index contributed by atoms with van der Waals surface area (Å²) < 4.78 is 5.49. The molecular formula is C18H21N5O2. The van der Waals surface area contributed by atoms with Crippen LogP contribution in [0.1, 0.15) is 29.6 Å². The fourth-order valence-corrected chi connectivity index (χ4v) is 2.98. The van der Waals surface area contributed by atoms with Gasteiger partial charge in [-0.3, -0.25) is 9.89 Å². The maximum absolute atomic E-state index is 12.7. The van der Waals surface area contributed by atoms with E-state index < -0.39 is 0 Å². The van der Waals surface area contributed by atoms with E-state index in [-0.39, 0.29) is 24.3 Å². The van der Waals surface area contributed by atoms with Crippen molar-refractivity contribution in [2.45, 2.75) is 25.3 Å². The van der Waals surface area contributed by atoms with E-state index in [1.165, 1.54) is 6.20 Å². The second-order valence-corrected chi connectivity index (χ2v) is 6.07. The summed E-state index contributed by atoms with van der Waals surface area (Å²) in [5.74, 6) is 0.437. The summed E-state index contributed by atoms with van der Waals surface area (Å²) in [7, 11) is 0. The van der Waals surface area contributed by atoms with E-state index in [4.69, 9.17) is 10.00 Å². The van der Waals surface area contributed by atoms with Crippen LogP contribution in [0.25, 0.3) is 0 Å². The Bertz CT molecular complexity index is 731. The molecule has 0 aliphatic carbocycles. The zero-order valence-corrected chi connectivity index (χ0v) is 13.9. The molecule has 1 fully saturated rings. The van der Waals surface area contributed by atoms with Gasteiger partial charge in [0.1, 0.15) is 11.4 Å². The molecule has 3 N–H and O–H groups in total. The first-order chi connectivity index (χ1) is 12.3. The third-order valence-corrected chi connectivity index (χ3v) is 4.32. The zero-order chi connectivity index (χ0) is 17.5. The van der Waals surface area contributed by atoms with Crippen molar-refractivity contribution in [3.8, 4) is 6.07 Å². The van der Waals surface area contributed by atoms with Crippen molar-refractivity contribution < 1.29 is 9.53 Å². The van der Waals surface area contributed by atoms with Gasteiger partial charge in [0.15, 0.2) is 0 Å². The van der Waals surface area contributed by atoms with Crippen molar-refractivity contribution in [1.29, 1.82) is 5.26 Å². The number of hydrogen-bond donors (Lipinski definition) is 3. The molecule has 0 bridgehead atoms. The average molecular weight is 339 g/mol. The van der Waals surface area contributed by atoms with Crippen molar-refractivity contribution in [3.63, 3.8) is 0 Å². The van der Waals surface area contributed by atoms with E-state index in [9.17, 15) is 4.79 Å². The lowest BCUT2D eigenvalue weighted by molar-refractivity contribution is 0.0389. The Hall–Kier alpha value is -2.85. The molecule has 7 nitrogen and oxygen atoms in total. The van der Waals surface area contributed by atoms with Gasteiger partial charge in [0, 0.05) is 24.3 Å². The number of carbonyl (C=O) groups is 1. The molecule has 25 heavy (non-hydrogen) atoms. The van der Waals surface area contributed by atoms with Gasteiger partial charge in [-0.1, -0.05) is 18.2 Å². The summed E-state index contributed by atoms with van der Waals surface area (Å²) in [4.78, 5) is 12.7. The minimum atomic E-state index is -0.252. The van der Waals surface area contributed by atoms with Gasteiger partial charge in [-0.05, 0) is 25.0 Å². The number of rotatable bonds is 6. The molecule has 1 aliphatic rings. The summed E-state index contributed by atoms with van der Waals surface area (Å²) in [6.45, 7) is 1.32. The number of amides is 1. The van der Waals surface area contributed by atoms with Crippen LogP contribution in [0.5, 0.6) is 0 Å². The lowest BCUT2D eigenvalue weighted by atomic mass is 9.91. The number of aromatic nitrogens is 2. The Balaban J connectivity index is 1.70. The Morgan fingerprint density at radius 2 is 2.28 bits per heavy atom. The first kappa shape index (κ1) is 17.0. The second-order valence-electron chi connectivity index (χ2n) is 6.07. The first-order valence-electron chi connectivity index (χ1n) is 8.39. The van der Waals surface area contributed by atoms with Crippen molar-refractivity contribution in [2.75, 3.05) is 18.5 Å². The SMILES string of the molecule is N#CCC(NC(=O)c1cn[nH]c1Nc1ccccc1)C1CCCOC1. The standard InChI is InChI=1S/C18H21N5O2/c19-9-8-16(13-5-4-10-25-12-13)22-18(24)15-11-20-23-17(15)21-14-6-2-1-3-7-14/h1-3,6-7,11,13,16H,4-5,8,10,12H2,(H,22,24)(H2,20,21,23). The number of benzene rings is 1. The fourth-order valence-electron chi connectivity index (χ4n) is 2.98. The van der Waals surface area contributed by atoms with Crippen LogP contribution >= 0.6 is 0 Å². The van der Waals surface area contributed by atoms with Gasteiger partial charge in [-0.25, -0.2) is 0 Å². The molecule has 2 unspecified atom stereocenters. The minimum Gasteiger partial charge on any atom is -0.381 e. The average Bonchev–Trinajstić information content (AvgIpc) is 3.11. The van der Waals surface area contributed by atoms with Gasteiger partial charge in [0.25, 0.3) is 5.91 Å². The fraction of sp³-hybridized carbons (Fsp3) is 0.389. The Morgan fingerprint density at radius 1 is 1.44 bits per heavy atom. The first-order valence-corrected chi connectivity index (χ1v) is 8.39. The largest absolute Gasteiger partial charge is 0.381 e. The van der Waals surface area contributed by atoms with E-state index in [2.05, 4.69) is 26.9 Å². The molecule has 0 saturated carbocycles. The Morgan fingerprint density at radius 3 is 3.00 bits per heavy atom. The number of para-hydroxylation sites is 1. The van der Waals surface area contributed by atoms with E-state index >= 15 is 0 Å². The van der Waals surface area contributed by atoms with Crippen LogP contribution in [0.15, 0.2) is 36.5 Å². The van der Waals surface area contributed by atoms with Gasteiger partial charge >= 0.3 is 0 Å². The van der Waals surface area contributed by atoms with Gasteiger partial charge in [0.2, 0.25) is 0 Å². The molecule has 2 atom stereocenters. The van der Waals surface area contributed by atoms with Crippen LogP contribution in [-0.2, 0) is 4.74 Å². The van der Waals surface area contributed by atoms with Crippen LogP contribution in [-0.4, -0.2) is 35.4 Å². The molecule has 1 amide bonds. The number of carbonyl (C=O) groups excluding carboxylic acids is 1. The van der Waals surface area contributed by atoms with Crippen molar-refractivity contribution in [2.24, 2.45) is 5.92 Å². The maximum atomic E-state index is 12.7. The minimum absolute atomic E-state index is 0.162. The molecular weight excluding hydrogens is 318 g/mol. The molecule has 2 aromatic rings. The van der Waals surface area contributed by atoms with E-state index in [0.717, 1.165) is 25.1 Å². The van der Waals surface area contributed by atoms with E-state index in [0.29, 0.717) is 18.0 Å². The van der Waals surface area contributed by atoms with Crippen LogP contribution in [0.3, 0.4) is 0 Å². The van der Waals surface area contributed by atoms with Crippen molar-refractivity contribution in [1.82, 2.24) is 15.5 Å². The smallest absolute Gasteiger partial charge is 0.256 e. The molecule has 1 aliphatic heterocycles. The summed E-state index contributed by atoms with van der Waals surface area (Å²) in [6.07, 6.45) is 3.66. The third-order valence-electron chi connectivity index (χ3n) is 4.32. The van der Waals surface area contributed by atoms with Crippen molar-refractivity contribution in [3.05, 3.63) is 42.1 Å². The van der Waals surface area contributed by atoms with Gasteiger partial charge in [-0.2, -0.15) is 10.4 Å². The number of nitrogens with one attached hydrogen (secondary N) is 3. The number of hydrogen-bond acceptors (Lipinski definition) is 5. The Kier molecular flexibility index (Phi) is 5.65. The number of nitriles is 1. The molecule has 1 aromatic carbocycles. The maximum Gasteiger partial charge on any atom is 0.256 e. The predicted molar refractivity (Wildman–Crippen MR) is 93.3 cm³/mol. The molecule has 130 valence electrons. The van der Waals surface area contributed by atoms with Crippen LogP contribution in [0.2, 0.25) is 0 Å². The third kappa shape index (κ3) is 4.37. The topological polar surface area (TPSA) is 103 Å². The molecule has 1 saturated heterocycles. The number of nitrogens with zero attached hydrogens (tertiary/aromatic N) is 2. The monoisotopic (exact) mass is 339 g/mol. The summed E-state index contributed by atoms with van der Waals surface area (Å²) in [6, 6.07) is 11.5. The second kappa shape index (κ2) is 8.31. The summed E-state index contributed by atoms with van der Waals surface area (Å²) >= 11 is 0. The number of aromatic amines is 1. The predicted octanol–water partition coefficient (Wildman–Crippen LogP) is 2.59. The van der Waals surface area contributed by atoms with Gasteiger partial charge < -0.3 is 15.4 Å². The lowest BCUT2D eigenvalue weighted by Gasteiger charge is -2.29. The number of ether oxygens (including phenoxy) is 1. The lowest BCUT2D eigenvalue weighted by Crippen LogP contribution is -2.43. The van der Waals surface area contributed by atoms with Crippen LogP contribution in [0, 0.1) is 17.2 Å². The molecule has 7 heteroatoms. The highest BCUT2D eigenvalue weighted by Crippen LogP contribution is 2.22. The Labute approximate surface area is 146 Å². The van der Waals surface area contributed by atoms with Gasteiger partial charge in [-0.15, -0.1) is 0 Å². The molecule has 0 spiro atoms. The van der Waals surface area contributed by atoms with E-state index in [1.807, 2.05) is 30.3 Å². The quantitative estimate of drug-likeness (QED) is 0.750. The van der Waals surface area contributed by atoms with Gasteiger partial charge in [0.05, 0.1) is 25.3 Å². The highest BCUT2D eigenvalue weighted by molar-refractivity contribution is 5.99. The molecule has 3 rings (SSSR count). The summed E-state index contributed by atoms with van der Waals surface area (Å²) in [5, 5.41) is 22.0. The normalized spacial score (nSPS) is 18.1. The molecule has 0 radical (unpaired) electrons. The zero-order valence-electron chi connectivity index (χ0n) is 13.9. The molecule has 1 aromatic heterocycles. The summed E-state index contributed by atoms with van der Waals surface area (Å²) in [5.41, 5.74) is 1.28. The van der Waals surface area contributed by atoms with Crippen molar-refractivity contribution >= 4 is 17.4 Å². The molecule has 2 heterocycles. The number of H-pyrrole nitrogens is 1. The van der Waals surface area contributed by atoms with Crippen LogP contribution < -0.4 is 10.6 Å². The highest BCUT2D eigenvalue weighted by atomic mass is 16.5. The number of anilines is 2.